The van der Waals surface area contributed by atoms with Crippen LogP contribution in [0, 0.1) is 17.8 Å². The van der Waals surface area contributed by atoms with E-state index in [1.165, 1.54) is 6.33 Å². The predicted octanol–water partition coefficient (Wildman–Crippen LogP) is 2.71. The molecule has 1 fully saturated rings. The van der Waals surface area contributed by atoms with Crippen LogP contribution in [0.2, 0.25) is 0 Å². The summed E-state index contributed by atoms with van der Waals surface area (Å²) in [6.45, 7) is 9.08. The minimum Gasteiger partial charge on any atom is -0.391 e. The second-order valence-electron chi connectivity index (χ2n) is 15.1. The second kappa shape index (κ2) is 20.1. The Hall–Kier alpha value is -3.33. The number of rotatable bonds is 21. The quantitative estimate of drug-likeness (QED) is 0.101. The van der Waals surface area contributed by atoms with Crippen LogP contribution in [0.3, 0.4) is 0 Å². The van der Waals surface area contributed by atoms with Gasteiger partial charge in [-0.1, -0.05) is 83.2 Å². The highest BCUT2D eigenvalue weighted by molar-refractivity contribution is 7.89. The predicted molar refractivity (Wildman–Crippen MR) is 199 cm³/mol. The molecule has 13 nitrogen and oxygen atoms in total. The lowest BCUT2D eigenvalue weighted by Crippen LogP contribution is -2.60. The number of aromatic amines is 1. The van der Waals surface area contributed by atoms with Crippen molar-refractivity contribution in [2.75, 3.05) is 12.3 Å². The Morgan fingerprint density at radius 3 is 2.24 bits per heavy atom. The number of amides is 3. The van der Waals surface area contributed by atoms with E-state index in [1.807, 2.05) is 51.1 Å². The standard InChI is InChI=1S/C37H61N7O6S/c1-6-17-51(49,50)41-22-28(25(2)3)20-33(45)30(18-26-13-9-7-10-14-26)42-35(47)32(21-29-23-39-24-40-29)43-34(46)31(44-36(48)37(4,5)38)19-27-15-11-8-12-16-27/h8,11-12,15-16,23-26,28,30-33,41,45H,6-7,9-10,13-14,17-22,38H2,1-5H3,(H,39,40)(H,42,47)(H,43,46)(H,44,48)/t28-,30+,31+,32+,33+/m1/s1. The number of imidazole rings is 1. The Morgan fingerprint density at radius 1 is 1.00 bits per heavy atom. The van der Waals surface area contributed by atoms with Gasteiger partial charge in [-0.15, -0.1) is 0 Å². The van der Waals surface area contributed by atoms with Gasteiger partial charge in [0.25, 0.3) is 0 Å². The van der Waals surface area contributed by atoms with Crippen molar-refractivity contribution in [2.24, 2.45) is 23.5 Å². The van der Waals surface area contributed by atoms with Gasteiger partial charge in [0.2, 0.25) is 27.7 Å². The maximum absolute atomic E-state index is 14.2. The van der Waals surface area contributed by atoms with Crippen LogP contribution in [-0.4, -0.2) is 83.3 Å². The van der Waals surface area contributed by atoms with E-state index in [2.05, 4.69) is 30.6 Å². The summed E-state index contributed by atoms with van der Waals surface area (Å²) >= 11 is 0. The first-order valence-corrected chi connectivity index (χ1v) is 20.1. The molecule has 14 heteroatoms. The summed E-state index contributed by atoms with van der Waals surface area (Å²) in [6.07, 6.45) is 9.07. The molecular formula is C37H61N7O6S. The third kappa shape index (κ3) is 14.7. The Balaban J connectivity index is 1.86. The number of carbonyl (C=O) groups is 3. The average molecular weight is 732 g/mol. The van der Waals surface area contributed by atoms with Crippen LogP contribution in [0.1, 0.15) is 97.2 Å². The van der Waals surface area contributed by atoms with Gasteiger partial charge >= 0.3 is 0 Å². The van der Waals surface area contributed by atoms with Gasteiger partial charge in [0.1, 0.15) is 12.1 Å². The average Bonchev–Trinajstić information content (AvgIpc) is 3.59. The minimum atomic E-state index is -3.43. The van der Waals surface area contributed by atoms with Crippen LogP contribution in [0.15, 0.2) is 42.9 Å². The van der Waals surface area contributed by atoms with Gasteiger partial charge in [-0.25, -0.2) is 18.1 Å². The van der Waals surface area contributed by atoms with Gasteiger partial charge in [-0.2, -0.15) is 0 Å². The van der Waals surface area contributed by atoms with Gasteiger partial charge in [-0.3, -0.25) is 14.4 Å². The SMILES string of the molecule is CCCS(=O)(=O)NC[C@@H](C[C@H](O)[C@H](CC1CCCCC1)NC(=O)[C@H](Cc1c[nH]cn1)NC(=O)[C@H](Cc1ccccc1)NC(=O)C(C)(C)N)C(C)C. The first kappa shape index (κ1) is 42.1. The molecule has 1 aliphatic carbocycles. The highest BCUT2D eigenvalue weighted by Crippen LogP contribution is 2.29. The molecule has 1 saturated carbocycles. The molecule has 0 aliphatic heterocycles. The number of nitrogens with two attached hydrogens (primary N) is 1. The van der Waals surface area contributed by atoms with Crippen LogP contribution < -0.4 is 26.4 Å². The zero-order chi connectivity index (χ0) is 37.6. The van der Waals surface area contributed by atoms with E-state index in [1.54, 1.807) is 20.0 Å². The molecule has 1 heterocycles. The summed E-state index contributed by atoms with van der Waals surface area (Å²) < 4.78 is 27.6. The summed E-state index contributed by atoms with van der Waals surface area (Å²) in [5.41, 5.74) is 6.17. The van der Waals surface area contributed by atoms with E-state index in [0.717, 1.165) is 37.7 Å². The van der Waals surface area contributed by atoms with Crippen molar-refractivity contribution < 1.29 is 27.9 Å². The zero-order valence-corrected chi connectivity index (χ0v) is 31.8. The van der Waals surface area contributed by atoms with Crippen molar-refractivity contribution in [2.45, 2.75) is 129 Å². The van der Waals surface area contributed by atoms with E-state index in [-0.39, 0.29) is 43.4 Å². The first-order chi connectivity index (χ1) is 24.1. The summed E-state index contributed by atoms with van der Waals surface area (Å²) in [5, 5.41) is 20.5. The molecule has 5 atom stereocenters. The normalized spacial score (nSPS) is 17.3. The molecular weight excluding hydrogens is 671 g/mol. The molecule has 1 aliphatic rings. The molecule has 286 valence electrons. The molecule has 51 heavy (non-hydrogen) atoms. The third-order valence-electron chi connectivity index (χ3n) is 9.72. The first-order valence-electron chi connectivity index (χ1n) is 18.5. The Labute approximate surface area is 304 Å². The van der Waals surface area contributed by atoms with E-state index in [4.69, 9.17) is 5.73 Å². The number of nitrogens with one attached hydrogen (secondary N) is 5. The fraction of sp³-hybridized carbons (Fsp3) is 0.676. The van der Waals surface area contributed by atoms with Gasteiger partial charge < -0.3 is 31.8 Å². The number of hydrogen-bond donors (Lipinski definition) is 7. The van der Waals surface area contributed by atoms with Crippen LogP contribution >= 0.6 is 0 Å². The van der Waals surface area contributed by atoms with Gasteiger partial charge in [-0.05, 0) is 56.4 Å². The van der Waals surface area contributed by atoms with Gasteiger partial charge in [0, 0.05) is 25.6 Å². The maximum atomic E-state index is 14.2. The number of sulfonamides is 1. The van der Waals surface area contributed by atoms with Crippen molar-refractivity contribution in [3.05, 3.63) is 54.1 Å². The van der Waals surface area contributed by atoms with Gasteiger partial charge in [0.15, 0.2) is 0 Å². The minimum absolute atomic E-state index is 0.0315. The zero-order valence-electron chi connectivity index (χ0n) is 31.0. The lowest BCUT2D eigenvalue weighted by molar-refractivity contribution is -0.133. The summed E-state index contributed by atoms with van der Waals surface area (Å²) in [6, 6.07) is 6.51. The van der Waals surface area contributed by atoms with Crippen molar-refractivity contribution in [1.29, 1.82) is 0 Å². The molecule has 0 bridgehead atoms. The number of benzene rings is 1. The molecule has 0 saturated heterocycles. The Kier molecular flexibility index (Phi) is 16.5. The second-order valence-corrected chi connectivity index (χ2v) is 17.0. The number of aliphatic hydroxyl groups excluding tert-OH is 1. The van der Waals surface area contributed by atoms with E-state index in [0.29, 0.717) is 24.5 Å². The third-order valence-corrected chi connectivity index (χ3v) is 11.3. The summed E-state index contributed by atoms with van der Waals surface area (Å²) in [7, 11) is -3.43. The lowest BCUT2D eigenvalue weighted by atomic mass is 9.81. The monoisotopic (exact) mass is 731 g/mol. The lowest BCUT2D eigenvalue weighted by Gasteiger charge is -2.34. The smallest absolute Gasteiger partial charge is 0.243 e. The molecule has 1 aromatic carbocycles. The number of carbonyl (C=O) groups excluding carboxylic acids is 3. The fourth-order valence-electron chi connectivity index (χ4n) is 6.51. The van der Waals surface area contributed by atoms with Crippen LogP contribution in [0.25, 0.3) is 0 Å². The highest BCUT2D eigenvalue weighted by atomic mass is 32.2. The molecule has 8 N–H and O–H groups in total. The van der Waals surface area contributed by atoms with Gasteiger partial charge in [0.05, 0.1) is 35.5 Å². The number of H-pyrrole nitrogens is 1. The Bertz CT molecular complexity index is 1460. The van der Waals surface area contributed by atoms with E-state index >= 15 is 0 Å². The number of aliphatic hydroxyl groups is 1. The topological polar surface area (TPSA) is 208 Å². The number of aromatic nitrogens is 2. The number of hydrogen-bond acceptors (Lipinski definition) is 8. The van der Waals surface area contributed by atoms with Crippen LogP contribution in [-0.2, 0) is 37.2 Å². The molecule has 0 spiro atoms. The molecule has 0 radical (unpaired) electrons. The van der Waals surface area contributed by atoms with Crippen molar-refractivity contribution in [1.82, 2.24) is 30.6 Å². The van der Waals surface area contributed by atoms with E-state index in [9.17, 15) is 27.9 Å². The molecule has 0 unspecified atom stereocenters. The molecule has 3 rings (SSSR count). The fourth-order valence-corrected chi connectivity index (χ4v) is 7.66. The molecule has 2 aromatic rings. The largest absolute Gasteiger partial charge is 0.391 e. The van der Waals surface area contributed by atoms with Crippen molar-refractivity contribution in [3.63, 3.8) is 0 Å². The van der Waals surface area contributed by atoms with Crippen molar-refractivity contribution in [3.8, 4) is 0 Å². The summed E-state index contributed by atoms with van der Waals surface area (Å²) in [5.74, 6) is -1.33. The van der Waals surface area contributed by atoms with Crippen LogP contribution in [0.4, 0.5) is 0 Å². The summed E-state index contributed by atoms with van der Waals surface area (Å²) in [4.78, 5) is 48.2. The highest BCUT2D eigenvalue weighted by Gasteiger charge is 2.34. The van der Waals surface area contributed by atoms with E-state index < -0.39 is 57.5 Å². The Morgan fingerprint density at radius 2 is 1.65 bits per heavy atom. The number of nitrogens with zero attached hydrogens (tertiary/aromatic N) is 1. The molecule has 3 amide bonds. The molecule has 1 aromatic heterocycles. The maximum Gasteiger partial charge on any atom is 0.243 e. The van der Waals surface area contributed by atoms with Crippen molar-refractivity contribution >= 4 is 27.7 Å². The van der Waals surface area contributed by atoms with Crippen LogP contribution in [0.5, 0.6) is 0 Å².